The van der Waals surface area contributed by atoms with E-state index in [-0.39, 0.29) is 0 Å². The molecule has 0 radical (unpaired) electrons. The minimum absolute atomic E-state index is 0.663. The summed E-state index contributed by atoms with van der Waals surface area (Å²) in [6, 6.07) is 24.9. The van der Waals surface area contributed by atoms with Gasteiger partial charge in [0, 0.05) is 28.9 Å². The van der Waals surface area contributed by atoms with Gasteiger partial charge in [0.25, 0.3) is 0 Å². The number of hydrogen-bond donors (Lipinski definition) is 1. The van der Waals surface area contributed by atoms with Crippen LogP contribution in [0.3, 0.4) is 0 Å². The molecular formula is C30H27ClN4S. The van der Waals surface area contributed by atoms with Crippen LogP contribution in [0.2, 0.25) is 5.02 Å². The summed E-state index contributed by atoms with van der Waals surface area (Å²) in [5, 5.41) is 9.40. The Labute approximate surface area is 221 Å². The second kappa shape index (κ2) is 9.23. The maximum atomic E-state index is 6.65. The Balaban J connectivity index is 1.62. The number of aromatic nitrogens is 3. The number of halogens is 1. The lowest BCUT2D eigenvalue weighted by molar-refractivity contribution is 0.645. The molecule has 0 atom stereocenters. The molecule has 1 aliphatic rings. The van der Waals surface area contributed by atoms with Crippen molar-refractivity contribution < 1.29 is 0 Å². The topological polar surface area (TPSA) is 34.3 Å². The van der Waals surface area contributed by atoms with Crippen LogP contribution < -0.4 is 5.32 Å². The van der Waals surface area contributed by atoms with Crippen LogP contribution in [-0.4, -0.2) is 19.2 Å². The molecule has 0 fully saturated rings. The number of benzene rings is 3. The van der Waals surface area contributed by atoms with Gasteiger partial charge in [-0.25, -0.2) is 4.52 Å². The van der Waals surface area contributed by atoms with Crippen LogP contribution in [0, 0.1) is 13.8 Å². The maximum Gasteiger partial charge on any atom is 0.163 e. The van der Waals surface area contributed by atoms with Gasteiger partial charge in [-0.2, -0.15) is 0 Å². The number of nitrogens with zero attached hydrogens (tertiary/aromatic N) is 3. The molecule has 0 unspecified atom stereocenters. The fourth-order valence-electron chi connectivity index (χ4n) is 5.44. The number of aryl methyl sites for hydroxylation is 4. The number of hydrogen-bond acceptors (Lipinski definition) is 2. The van der Waals surface area contributed by atoms with E-state index in [1.54, 1.807) is 0 Å². The molecule has 0 bridgehead atoms. The molecule has 36 heavy (non-hydrogen) atoms. The molecule has 180 valence electrons. The van der Waals surface area contributed by atoms with Crippen LogP contribution in [0.25, 0.3) is 28.2 Å². The van der Waals surface area contributed by atoms with Gasteiger partial charge >= 0.3 is 0 Å². The summed E-state index contributed by atoms with van der Waals surface area (Å²) >= 11 is 12.8. The van der Waals surface area contributed by atoms with Gasteiger partial charge in [-0.3, -0.25) is 0 Å². The minimum atomic E-state index is 0.663. The normalized spacial score (nSPS) is 13.1. The van der Waals surface area contributed by atoms with Crippen LogP contribution in [0.1, 0.15) is 35.2 Å². The molecule has 6 rings (SSSR count). The Bertz CT molecular complexity index is 1590. The Hall–Kier alpha value is -3.41. The molecule has 5 aromatic rings. The molecule has 2 aromatic heterocycles. The monoisotopic (exact) mass is 510 g/mol. The molecule has 0 amide bonds. The highest BCUT2D eigenvalue weighted by atomic mass is 35.5. The van der Waals surface area contributed by atoms with Crippen molar-refractivity contribution in [1.29, 1.82) is 0 Å². The van der Waals surface area contributed by atoms with Gasteiger partial charge in [0.2, 0.25) is 0 Å². The summed E-state index contributed by atoms with van der Waals surface area (Å²) in [4.78, 5) is 0.663. The molecule has 6 heteroatoms. The van der Waals surface area contributed by atoms with E-state index in [0.717, 1.165) is 59.8 Å². The lowest BCUT2D eigenvalue weighted by atomic mass is 9.98. The summed E-state index contributed by atoms with van der Waals surface area (Å²) in [7, 11) is 0. The summed E-state index contributed by atoms with van der Waals surface area (Å²) in [6.07, 6.45) is 3.18. The van der Waals surface area contributed by atoms with Crippen molar-refractivity contribution in [2.75, 3.05) is 5.32 Å². The summed E-state index contributed by atoms with van der Waals surface area (Å²) in [6.45, 7) is 5.10. The third-order valence-electron chi connectivity index (χ3n) is 6.86. The van der Waals surface area contributed by atoms with E-state index in [2.05, 4.69) is 76.8 Å². The molecule has 1 aliphatic heterocycles. The lowest BCUT2D eigenvalue weighted by Crippen LogP contribution is -2.15. The van der Waals surface area contributed by atoms with Gasteiger partial charge in [-0.05, 0) is 74.1 Å². The zero-order valence-electron chi connectivity index (χ0n) is 20.4. The highest BCUT2D eigenvalue weighted by molar-refractivity contribution is 7.81. The largest absolute Gasteiger partial charge is 0.345 e. The summed E-state index contributed by atoms with van der Waals surface area (Å²) < 4.78 is 4.39. The smallest absolute Gasteiger partial charge is 0.163 e. The van der Waals surface area contributed by atoms with Crippen molar-refractivity contribution >= 4 is 40.1 Å². The first kappa shape index (κ1) is 23.0. The highest BCUT2D eigenvalue weighted by Gasteiger charge is 2.29. The molecule has 4 nitrogen and oxygen atoms in total. The van der Waals surface area contributed by atoms with Gasteiger partial charge in [0.05, 0.1) is 5.02 Å². The SMILES string of the molecule is Cc1cc(C)cc(NC(=S)c2c(-c3ccccc3)c3c4n(c(-c5ccccc5Cl)nn24)CCCC3)c1. The van der Waals surface area contributed by atoms with Crippen LogP contribution in [0.4, 0.5) is 5.69 Å². The fourth-order valence-corrected chi connectivity index (χ4v) is 5.97. The van der Waals surface area contributed by atoms with Crippen LogP contribution >= 0.6 is 23.8 Å². The van der Waals surface area contributed by atoms with E-state index >= 15 is 0 Å². The van der Waals surface area contributed by atoms with Gasteiger partial charge in [0.1, 0.15) is 16.3 Å². The molecule has 0 spiro atoms. The standard InChI is InChI=1S/C30H27ClN4S/c1-19-16-20(2)18-22(17-19)32-29(36)27-26(21-10-4-3-5-11-21)24-13-8-9-15-34-28(33-35(27)30(24)34)23-12-6-7-14-25(23)31/h3-7,10-12,14,16-18H,8-9,13,15H2,1-2H3,(H,32,36). The minimum Gasteiger partial charge on any atom is -0.345 e. The van der Waals surface area contributed by atoms with Crippen molar-refractivity contribution in [2.24, 2.45) is 0 Å². The third kappa shape index (κ3) is 3.93. The summed E-state index contributed by atoms with van der Waals surface area (Å²) in [5.41, 5.74) is 9.99. The van der Waals surface area contributed by atoms with E-state index in [4.69, 9.17) is 28.9 Å². The van der Waals surface area contributed by atoms with Crippen molar-refractivity contribution in [3.05, 3.63) is 100 Å². The van der Waals surface area contributed by atoms with E-state index in [9.17, 15) is 0 Å². The predicted molar refractivity (Wildman–Crippen MR) is 153 cm³/mol. The van der Waals surface area contributed by atoms with E-state index in [0.29, 0.717) is 10.0 Å². The molecule has 1 N–H and O–H groups in total. The van der Waals surface area contributed by atoms with Crippen molar-refractivity contribution in [1.82, 2.24) is 14.2 Å². The molecule has 3 aromatic carbocycles. The molecule has 3 heterocycles. The van der Waals surface area contributed by atoms with Gasteiger partial charge < -0.3 is 9.88 Å². The molecule has 0 saturated carbocycles. The first-order chi connectivity index (χ1) is 17.5. The highest BCUT2D eigenvalue weighted by Crippen LogP contribution is 2.39. The molecule has 0 aliphatic carbocycles. The maximum absolute atomic E-state index is 6.65. The fraction of sp³-hybridized carbons (Fsp3) is 0.200. The quantitative estimate of drug-likeness (QED) is 0.250. The average molecular weight is 511 g/mol. The number of rotatable bonds is 4. The van der Waals surface area contributed by atoms with Crippen molar-refractivity contribution in [3.8, 4) is 22.5 Å². The molecule has 0 saturated heterocycles. The molecular weight excluding hydrogens is 484 g/mol. The van der Waals surface area contributed by atoms with Crippen LogP contribution in [0.15, 0.2) is 72.8 Å². The third-order valence-corrected chi connectivity index (χ3v) is 7.48. The average Bonchev–Trinajstić information content (AvgIpc) is 3.27. The first-order valence-corrected chi connectivity index (χ1v) is 13.1. The Morgan fingerprint density at radius 3 is 2.42 bits per heavy atom. The lowest BCUT2D eigenvalue weighted by Gasteiger charge is -2.13. The Morgan fingerprint density at radius 1 is 0.944 bits per heavy atom. The first-order valence-electron chi connectivity index (χ1n) is 12.4. The van der Waals surface area contributed by atoms with E-state index in [1.807, 2.05) is 24.3 Å². The van der Waals surface area contributed by atoms with Crippen LogP contribution in [-0.2, 0) is 13.0 Å². The van der Waals surface area contributed by atoms with E-state index in [1.165, 1.54) is 22.3 Å². The number of anilines is 1. The van der Waals surface area contributed by atoms with Gasteiger partial charge in [0.15, 0.2) is 5.82 Å². The van der Waals surface area contributed by atoms with Crippen molar-refractivity contribution in [3.63, 3.8) is 0 Å². The second-order valence-corrected chi connectivity index (χ2v) is 10.4. The summed E-state index contributed by atoms with van der Waals surface area (Å²) in [5.74, 6) is 0.883. The van der Waals surface area contributed by atoms with E-state index < -0.39 is 0 Å². The zero-order valence-corrected chi connectivity index (χ0v) is 22.0. The van der Waals surface area contributed by atoms with Crippen molar-refractivity contribution in [2.45, 2.75) is 39.7 Å². The van der Waals surface area contributed by atoms with Gasteiger partial charge in [-0.1, -0.05) is 72.3 Å². The Morgan fingerprint density at radius 2 is 1.67 bits per heavy atom. The second-order valence-electron chi connectivity index (χ2n) is 9.55. The number of nitrogens with one attached hydrogen (secondary N) is 1. The van der Waals surface area contributed by atoms with Gasteiger partial charge in [-0.15, -0.1) is 5.10 Å². The predicted octanol–water partition coefficient (Wildman–Crippen LogP) is 7.86. The van der Waals surface area contributed by atoms with Crippen LogP contribution in [0.5, 0.6) is 0 Å². The Kier molecular flexibility index (Phi) is 5.90. The zero-order chi connectivity index (χ0) is 24.8. The number of thiocarbonyl (C=S) groups is 1.